The molecule has 142 valence electrons. The Morgan fingerprint density at radius 3 is 2.69 bits per heavy atom. The van der Waals surface area contributed by atoms with Crippen LogP contribution in [0.2, 0.25) is 0 Å². The van der Waals surface area contributed by atoms with E-state index in [-0.39, 0.29) is 24.0 Å². The fraction of sp³-hybridized carbons (Fsp3) is 0.579. The van der Waals surface area contributed by atoms with Crippen molar-refractivity contribution in [3.05, 3.63) is 29.8 Å². The maximum atomic E-state index is 13.8. The molecule has 0 spiro atoms. The van der Waals surface area contributed by atoms with Gasteiger partial charge in [0.2, 0.25) is 0 Å². The van der Waals surface area contributed by atoms with E-state index in [4.69, 9.17) is 9.47 Å². The number of imidazole rings is 1. The number of rotatable bonds is 4. The Bertz CT molecular complexity index is 806. The standard InChI is InChI=1S/C19H26FN3O3/c1-11(21-18(24)26-19(2,3)4)17-22-15-7-6-12(20)8-16(15)23(17)13-9-14(10-13)25-5/h6-8,11,13-14H,9-10H2,1-5H3,(H,21,24). The van der Waals surface area contributed by atoms with Crippen molar-refractivity contribution in [3.8, 4) is 0 Å². The predicted octanol–water partition coefficient (Wildman–Crippen LogP) is 4.11. The molecule has 0 bridgehead atoms. The van der Waals surface area contributed by atoms with Crippen molar-refractivity contribution in [2.45, 2.75) is 64.3 Å². The van der Waals surface area contributed by atoms with Crippen molar-refractivity contribution in [3.63, 3.8) is 0 Å². The lowest BCUT2D eigenvalue weighted by Gasteiger charge is -2.37. The molecule has 0 saturated heterocycles. The summed E-state index contributed by atoms with van der Waals surface area (Å²) in [5.41, 5.74) is 0.865. The molecular weight excluding hydrogens is 337 g/mol. The predicted molar refractivity (Wildman–Crippen MR) is 96.5 cm³/mol. The molecule has 1 aliphatic rings. The number of nitrogens with one attached hydrogen (secondary N) is 1. The summed E-state index contributed by atoms with van der Waals surface area (Å²) in [6.07, 6.45) is 1.38. The van der Waals surface area contributed by atoms with E-state index in [1.54, 1.807) is 13.2 Å². The van der Waals surface area contributed by atoms with Gasteiger partial charge in [-0.2, -0.15) is 0 Å². The summed E-state index contributed by atoms with van der Waals surface area (Å²) >= 11 is 0. The number of carbonyl (C=O) groups excluding carboxylic acids is 1. The largest absolute Gasteiger partial charge is 0.444 e. The quantitative estimate of drug-likeness (QED) is 0.888. The molecule has 0 aliphatic heterocycles. The van der Waals surface area contributed by atoms with Crippen LogP contribution in [0.5, 0.6) is 0 Å². The second kappa shape index (κ2) is 6.87. The fourth-order valence-electron chi connectivity index (χ4n) is 3.26. The summed E-state index contributed by atoms with van der Waals surface area (Å²) in [7, 11) is 1.69. The second-order valence-corrected chi connectivity index (χ2v) is 7.82. The average Bonchev–Trinajstić information content (AvgIpc) is 2.83. The van der Waals surface area contributed by atoms with Crippen LogP contribution in [-0.4, -0.2) is 34.5 Å². The summed E-state index contributed by atoms with van der Waals surface area (Å²) < 4.78 is 26.5. The number of carbonyl (C=O) groups is 1. The number of aromatic nitrogens is 2. The Labute approximate surface area is 152 Å². The Hall–Kier alpha value is -2.15. The summed E-state index contributed by atoms with van der Waals surface area (Å²) in [5.74, 6) is 0.386. The lowest BCUT2D eigenvalue weighted by Crippen LogP contribution is -2.37. The first-order valence-corrected chi connectivity index (χ1v) is 8.87. The maximum Gasteiger partial charge on any atom is 0.408 e. The van der Waals surface area contributed by atoms with Crippen molar-refractivity contribution in [2.24, 2.45) is 0 Å². The van der Waals surface area contributed by atoms with Crippen molar-refractivity contribution in [1.29, 1.82) is 0 Å². The van der Waals surface area contributed by atoms with Crippen LogP contribution in [0.4, 0.5) is 9.18 Å². The molecule has 1 heterocycles. The maximum absolute atomic E-state index is 13.8. The molecule has 7 heteroatoms. The number of ether oxygens (including phenoxy) is 2. The fourth-order valence-corrected chi connectivity index (χ4v) is 3.26. The molecule has 26 heavy (non-hydrogen) atoms. The van der Waals surface area contributed by atoms with Crippen LogP contribution in [-0.2, 0) is 9.47 Å². The molecule has 1 amide bonds. The Balaban J connectivity index is 1.90. The zero-order chi connectivity index (χ0) is 19.1. The molecule has 1 fully saturated rings. The van der Waals surface area contributed by atoms with Crippen LogP contribution in [0.1, 0.15) is 58.4 Å². The minimum Gasteiger partial charge on any atom is -0.444 e. The third-order valence-corrected chi connectivity index (χ3v) is 4.57. The number of fused-ring (bicyclic) bond motifs is 1. The molecule has 1 N–H and O–H groups in total. The normalized spacial score (nSPS) is 21.3. The van der Waals surface area contributed by atoms with Gasteiger partial charge in [0, 0.05) is 13.2 Å². The number of hydrogen-bond donors (Lipinski definition) is 1. The van der Waals surface area contributed by atoms with Gasteiger partial charge in [-0.1, -0.05) is 0 Å². The summed E-state index contributed by atoms with van der Waals surface area (Å²) in [5, 5.41) is 2.83. The van der Waals surface area contributed by atoms with E-state index in [9.17, 15) is 9.18 Å². The van der Waals surface area contributed by atoms with Gasteiger partial charge >= 0.3 is 6.09 Å². The van der Waals surface area contributed by atoms with Crippen LogP contribution in [0, 0.1) is 5.82 Å². The van der Waals surface area contributed by atoms with E-state index >= 15 is 0 Å². The minimum absolute atomic E-state index is 0.171. The molecule has 1 saturated carbocycles. The molecule has 1 aromatic carbocycles. The van der Waals surface area contributed by atoms with Crippen molar-refractivity contribution in [1.82, 2.24) is 14.9 Å². The number of halogens is 1. The monoisotopic (exact) mass is 363 g/mol. The number of hydrogen-bond acceptors (Lipinski definition) is 4. The molecule has 2 aromatic rings. The second-order valence-electron chi connectivity index (χ2n) is 7.82. The summed E-state index contributed by atoms with van der Waals surface area (Å²) in [4.78, 5) is 16.8. The van der Waals surface area contributed by atoms with Crippen molar-refractivity contribution < 1.29 is 18.7 Å². The van der Waals surface area contributed by atoms with Crippen LogP contribution >= 0.6 is 0 Å². The van der Waals surface area contributed by atoms with E-state index in [1.165, 1.54) is 12.1 Å². The number of alkyl carbamates (subject to hydrolysis) is 1. The van der Waals surface area contributed by atoms with Gasteiger partial charge < -0.3 is 19.4 Å². The number of amides is 1. The highest BCUT2D eigenvalue weighted by molar-refractivity contribution is 5.77. The van der Waals surface area contributed by atoms with E-state index in [0.717, 1.165) is 18.4 Å². The molecular formula is C19H26FN3O3. The first-order valence-electron chi connectivity index (χ1n) is 8.87. The van der Waals surface area contributed by atoms with E-state index in [0.29, 0.717) is 11.3 Å². The third kappa shape index (κ3) is 3.82. The molecule has 1 aliphatic carbocycles. The van der Waals surface area contributed by atoms with Gasteiger partial charge in [0.05, 0.1) is 23.2 Å². The van der Waals surface area contributed by atoms with Crippen molar-refractivity contribution in [2.75, 3.05) is 7.11 Å². The highest BCUT2D eigenvalue weighted by Crippen LogP contribution is 2.38. The zero-order valence-electron chi connectivity index (χ0n) is 15.9. The smallest absolute Gasteiger partial charge is 0.408 e. The highest BCUT2D eigenvalue weighted by atomic mass is 19.1. The highest BCUT2D eigenvalue weighted by Gasteiger charge is 2.34. The van der Waals surface area contributed by atoms with Crippen LogP contribution in [0.3, 0.4) is 0 Å². The van der Waals surface area contributed by atoms with E-state index in [1.807, 2.05) is 32.3 Å². The molecule has 6 nitrogen and oxygen atoms in total. The van der Waals surface area contributed by atoms with E-state index in [2.05, 4.69) is 10.3 Å². The van der Waals surface area contributed by atoms with E-state index < -0.39 is 11.7 Å². The Morgan fingerprint density at radius 2 is 2.08 bits per heavy atom. The van der Waals surface area contributed by atoms with Gasteiger partial charge in [0.1, 0.15) is 17.2 Å². The summed E-state index contributed by atoms with van der Waals surface area (Å²) in [6, 6.07) is 4.35. The van der Waals surface area contributed by atoms with Crippen LogP contribution in [0.15, 0.2) is 18.2 Å². The lowest BCUT2D eigenvalue weighted by atomic mass is 9.88. The minimum atomic E-state index is -0.577. The SMILES string of the molecule is COC1CC(n2c(C(C)NC(=O)OC(C)(C)C)nc3ccc(F)cc32)C1. The average molecular weight is 363 g/mol. The number of methoxy groups -OCH3 is 1. The number of nitrogens with zero attached hydrogens (tertiary/aromatic N) is 2. The molecule has 1 atom stereocenters. The third-order valence-electron chi connectivity index (χ3n) is 4.57. The van der Waals surface area contributed by atoms with Gasteiger partial charge in [-0.05, 0) is 58.7 Å². The van der Waals surface area contributed by atoms with Gasteiger partial charge in [-0.3, -0.25) is 0 Å². The molecule has 1 unspecified atom stereocenters. The molecule has 0 radical (unpaired) electrons. The molecule has 1 aromatic heterocycles. The zero-order valence-corrected chi connectivity index (χ0v) is 15.9. The summed E-state index contributed by atoms with van der Waals surface area (Å²) in [6.45, 7) is 7.29. The topological polar surface area (TPSA) is 65.4 Å². The van der Waals surface area contributed by atoms with Gasteiger partial charge in [0.15, 0.2) is 0 Å². The van der Waals surface area contributed by atoms with Gasteiger partial charge in [-0.25, -0.2) is 14.2 Å². The lowest BCUT2D eigenvalue weighted by molar-refractivity contribution is 0.00600. The van der Waals surface area contributed by atoms with Crippen LogP contribution < -0.4 is 5.32 Å². The van der Waals surface area contributed by atoms with Crippen molar-refractivity contribution >= 4 is 17.1 Å². The number of benzene rings is 1. The first-order chi connectivity index (χ1) is 12.2. The van der Waals surface area contributed by atoms with Gasteiger partial charge in [0.25, 0.3) is 0 Å². The Morgan fingerprint density at radius 1 is 1.38 bits per heavy atom. The Kier molecular flexibility index (Phi) is 4.92. The van der Waals surface area contributed by atoms with Gasteiger partial charge in [-0.15, -0.1) is 0 Å². The molecule has 3 rings (SSSR count). The first kappa shape index (κ1) is 18.6. The van der Waals surface area contributed by atoms with Crippen LogP contribution in [0.25, 0.3) is 11.0 Å².